The standard InChI is InChI=1S/C14H18FN3O/c1-3-16-11-8-19-7-9(11)14-17-13-10(15)5-4-6-12(13)18(14)2/h4-6,9,11,16H,3,7-8H2,1-2H3. The number of rotatable bonds is 3. The monoisotopic (exact) mass is 263 g/mol. The molecule has 2 aromatic rings. The summed E-state index contributed by atoms with van der Waals surface area (Å²) in [7, 11) is 1.94. The Morgan fingerprint density at radius 2 is 2.32 bits per heavy atom. The maximum atomic E-state index is 13.8. The third-order valence-electron chi connectivity index (χ3n) is 3.78. The van der Waals surface area contributed by atoms with Crippen LogP contribution in [0.4, 0.5) is 4.39 Å². The number of para-hydroxylation sites is 1. The number of likely N-dealkylation sites (N-methyl/N-ethyl adjacent to an activating group) is 1. The second-order valence-corrected chi connectivity index (χ2v) is 4.94. The van der Waals surface area contributed by atoms with E-state index in [1.54, 1.807) is 6.07 Å². The first-order valence-electron chi connectivity index (χ1n) is 6.64. The van der Waals surface area contributed by atoms with Gasteiger partial charge in [-0.25, -0.2) is 9.37 Å². The molecule has 1 N–H and O–H groups in total. The van der Waals surface area contributed by atoms with Crippen molar-refractivity contribution in [1.82, 2.24) is 14.9 Å². The number of imidazole rings is 1. The number of nitrogens with zero attached hydrogens (tertiary/aromatic N) is 2. The molecule has 1 fully saturated rings. The molecule has 1 aromatic carbocycles. The van der Waals surface area contributed by atoms with Gasteiger partial charge in [0, 0.05) is 13.1 Å². The van der Waals surface area contributed by atoms with Crippen LogP contribution in [0.3, 0.4) is 0 Å². The van der Waals surface area contributed by atoms with Crippen LogP contribution in [-0.2, 0) is 11.8 Å². The molecule has 0 aliphatic carbocycles. The van der Waals surface area contributed by atoms with Crippen LogP contribution in [0.2, 0.25) is 0 Å². The first kappa shape index (κ1) is 12.6. The van der Waals surface area contributed by atoms with Gasteiger partial charge in [-0.05, 0) is 18.7 Å². The number of halogens is 1. The van der Waals surface area contributed by atoms with Crippen molar-refractivity contribution in [3.63, 3.8) is 0 Å². The Morgan fingerprint density at radius 3 is 3.05 bits per heavy atom. The molecule has 0 radical (unpaired) electrons. The molecule has 3 rings (SSSR count). The molecule has 1 saturated heterocycles. The van der Waals surface area contributed by atoms with Gasteiger partial charge in [0.2, 0.25) is 0 Å². The van der Waals surface area contributed by atoms with Gasteiger partial charge in [0.25, 0.3) is 0 Å². The molecular formula is C14H18FN3O. The fraction of sp³-hybridized carbons (Fsp3) is 0.500. The normalized spacial score (nSPS) is 23.3. The average molecular weight is 263 g/mol. The highest BCUT2D eigenvalue weighted by molar-refractivity contribution is 5.76. The molecule has 1 aliphatic rings. The van der Waals surface area contributed by atoms with Crippen LogP contribution in [0.5, 0.6) is 0 Å². The molecule has 19 heavy (non-hydrogen) atoms. The minimum atomic E-state index is -0.265. The fourth-order valence-corrected chi connectivity index (χ4v) is 2.80. The third-order valence-corrected chi connectivity index (χ3v) is 3.78. The van der Waals surface area contributed by atoms with E-state index in [1.807, 2.05) is 17.7 Å². The zero-order chi connectivity index (χ0) is 13.4. The lowest BCUT2D eigenvalue weighted by Crippen LogP contribution is -2.35. The number of aryl methyl sites for hydroxylation is 1. The second-order valence-electron chi connectivity index (χ2n) is 4.94. The van der Waals surface area contributed by atoms with Crippen LogP contribution >= 0.6 is 0 Å². The Morgan fingerprint density at radius 1 is 1.47 bits per heavy atom. The number of fused-ring (bicyclic) bond motifs is 1. The van der Waals surface area contributed by atoms with Gasteiger partial charge in [-0.3, -0.25) is 0 Å². The van der Waals surface area contributed by atoms with Gasteiger partial charge < -0.3 is 14.6 Å². The highest BCUT2D eigenvalue weighted by atomic mass is 19.1. The molecule has 0 spiro atoms. The summed E-state index contributed by atoms with van der Waals surface area (Å²) in [6, 6.07) is 5.32. The summed E-state index contributed by atoms with van der Waals surface area (Å²) in [5, 5.41) is 3.41. The number of ether oxygens (including phenoxy) is 1. The van der Waals surface area contributed by atoms with E-state index in [-0.39, 0.29) is 17.8 Å². The average Bonchev–Trinajstić information content (AvgIpc) is 2.97. The van der Waals surface area contributed by atoms with Crippen molar-refractivity contribution in [1.29, 1.82) is 0 Å². The number of hydrogen-bond donors (Lipinski definition) is 1. The van der Waals surface area contributed by atoms with Crippen LogP contribution in [0, 0.1) is 5.82 Å². The lowest BCUT2D eigenvalue weighted by Gasteiger charge is -2.17. The molecule has 0 amide bonds. The molecule has 1 aromatic heterocycles. The van der Waals surface area contributed by atoms with Gasteiger partial charge in [0.1, 0.15) is 11.3 Å². The molecule has 2 atom stereocenters. The zero-order valence-electron chi connectivity index (χ0n) is 11.2. The van der Waals surface area contributed by atoms with Crippen molar-refractivity contribution in [2.24, 2.45) is 7.05 Å². The summed E-state index contributed by atoms with van der Waals surface area (Å²) < 4.78 is 21.3. The molecule has 5 heteroatoms. The Kier molecular flexibility index (Phi) is 3.24. The van der Waals surface area contributed by atoms with E-state index < -0.39 is 0 Å². The van der Waals surface area contributed by atoms with Gasteiger partial charge in [-0.15, -0.1) is 0 Å². The van der Waals surface area contributed by atoms with Gasteiger partial charge in [0.15, 0.2) is 5.82 Å². The van der Waals surface area contributed by atoms with E-state index in [0.717, 1.165) is 17.9 Å². The van der Waals surface area contributed by atoms with E-state index in [4.69, 9.17) is 4.74 Å². The summed E-state index contributed by atoms with van der Waals surface area (Å²) in [6.45, 7) is 4.29. The van der Waals surface area contributed by atoms with Crippen molar-refractivity contribution in [3.8, 4) is 0 Å². The summed E-state index contributed by atoms with van der Waals surface area (Å²) in [5.74, 6) is 0.804. The summed E-state index contributed by atoms with van der Waals surface area (Å²) in [5.41, 5.74) is 1.28. The quantitative estimate of drug-likeness (QED) is 0.918. The largest absolute Gasteiger partial charge is 0.379 e. The lowest BCUT2D eigenvalue weighted by atomic mass is 10.0. The Balaban J connectivity index is 2.05. The first-order chi connectivity index (χ1) is 9.22. The third kappa shape index (κ3) is 2.03. The van der Waals surface area contributed by atoms with Gasteiger partial charge in [-0.1, -0.05) is 13.0 Å². The maximum absolute atomic E-state index is 13.8. The molecule has 0 bridgehead atoms. The van der Waals surface area contributed by atoms with Gasteiger partial charge in [0.05, 0.1) is 24.6 Å². The van der Waals surface area contributed by atoms with Crippen LogP contribution in [0.1, 0.15) is 18.7 Å². The fourth-order valence-electron chi connectivity index (χ4n) is 2.80. The van der Waals surface area contributed by atoms with E-state index in [2.05, 4.69) is 17.2 Å². The molecule has 102 valence electrons. The number of benzene rings is 1. The predicted molar refractivity (Wildman–Crippen MR) is 71.7 cm³/mol. The van der Waals surface area contributed by atoms with E-state index >= 15 is 0 Å². The highest BCUT2D eigenvalue weighted by Crippen LogP contribution is 2.28. The van der Waals surface area contributed by atoms with Crippen LogP contribution < -0.4 is 5.32 Å². The summed E-state index contributed by atoms with van der Waals surface area (Å²) in [6.07, 6.45) is 0. The number of hydrogen-bond acceptors (Lipinski definition) is 3. The number of aromatic nitrogens is 2. The van der Waals surface area contributed by atoms with Crippen LogP contribution in [-0.4, -0.2) is 35.4 Å². The van der Waals surface area contributed by atoms with Crippen molar-refractivity contribution in [2.45, 2.75) is 18.9 Å². The zero-order valence-corrected chi connectivity index (χ0v) is 11.2. The second kappa shape index (κ2) is 4.90. The highest BCUT2D eigenvalue weighted by Gasteiger charge is 2.32. The lowest BCUT2D eigenvalue weighted by molar-refractivity contribution is 0.187. The molecule has 1 aliphatic heterocycles. The molecular weight excluding hydrogens is 245 g/mol. The Labute approximate surface area is 111 Å². The SMILES string of the molecule is CCNC1COCC1c1nc2c(F)cccc2n1C. The van der Waals surface area contributed by atoms with E-state index in [0.29, 0.717) is 18.7 Å². The number of nitrogens with one attached hydrogen (secondary N) is 1. The first-order valence-corrected chi connectivity index (χ1v) is 6.64. The topological polar surface area (TPSA) is 39.1 Å². The van der Waals surface area contributed by atoms with Crippen molar-refractivity contribution < 1.29 is 9.13 Å². The molecule has 4 nitrogen and oxygen atoms in total. The minimum absolute atomic E-state index is 0.178. The summed E-state index contributed by atoms with van der Waals surface area (Å²) >= 11 is 0. The smallest absolute Gasteiger partial charge is 0.151 e. The van der Waals surface area contributed by atoms with Crippen LogP contribution in [0.25, 0.3) is 11.0 Å². The van der Waals surface area contributed by atoms with Gasteiger partial charge in [-0.2, -0.15) is 0 Å². The molecule has 2 unspecified atom stereocenters. The summed E-state index contributed by atoms with van der Waals surface area (Å²) in [4.78, 5) is 4.49. The Bertz CT molecular complexity index is 596. The molecule has 0 saturated carbocycles. The van der Waals surface area contributed by atoms with Crippen molar-refractivity contribution >= 4 is 11.0 Å². The minimum Gasteiger partial charge on any atom is -0.379 e. The van der Waals surface area contributed by atoms with Gasteiger partial charge >= 0.3 is 0 Å². The van der Waals surface area contributed by atoms with E-state index in [9.17, 15) is 4.39 Å². The van der Waals surface area contributed by atoms with E-state index in [1.165, 1.54) is 6.07 Å². The van der Waals surface area contributed by atoms with Crippen molar-refractivity contribution in [3.05, 3.63) is 29.8 Å². The predicted octanol–water partition coefficient (Wildman–Crippen LogP) is 1.80. The molecule has 2 heterocycles. The Hall–Kier alpha value is -1.46. The maximum Gasteiger partial charge on any atom is 0.151 e. The van der Waals surface area contributed by atoms with Crippen LogP contribution in [0.15, 0.2) is 18.2 Å². The van der Waals surface area contributed by atoms with Crippen molar-refractivity contribution in [2.75, 3.05) is 19.8 Å².